The number of rotatable bonds is 4. The van der Waals surface area contributed by atoms with Crippen molar-refractivity contribution >= 4 is 28.9 Å². The Morgan fingerprint density at radius 2 is 1.96 bits per heavy atom. The van der Waals surface area contributed by atoms with Gasteiger partial charge in [-0.15, -0.1) is 0 Å². The maximum Gasteiger partial charge on any atom is 0.293 e. The molecule has 2 rings (SSSR count). The number of hydrogen-bond acceptors (Lipinski definition) is 4. The van der Waals surface area contributed by atoms with Crippen molar-refractivity contribution in [1.82, 2.24) is 0 Å². The van der Waals surface area contributed by atoms with Gasteiger partial charge in [-0.25, -0.2) is 0 Å². The van der Waals surface area contributed by atoms with Gasteiger partial charge < -0.3 is 10.1 Å². The molecule has 23 heavy (non-hydrogen) atoms. The molecule has 1 amide bonds. The predicted octanol–water partition coefficient (Wildman–Crippen LogP) is 4.13. The van der Waals surface area contributed by atoms with Crippen LogP contribution < -0.4 is 10.1 Å². The zero-order valence-electron chi connectivity index (χ0n) is 12.8. The molecule has 0 aliphatic carbocycles. The Morgan fingerprint density at radius 3 is 2.57 bits per heavy atom. The molecule has 6 nitrogen and oxygen atoms in total. The minimum absolute atomic E-state index is 0.164. The maximum absolute atomic E-state index is 12.5. The quantitative estimate of drug-likeness (QED) is 0.673. The topological polar surface area (TPSA) is 81.5 Å². The van der Waals surface area contributed by atoms with Crippen LogP contribution in [0.2, 0.25) is 5.02 Å². The first-order valence-electron chi connectivity index (χ1n) is 6.74. The van der Waals surface area contributed by atoms with Crippen LogP contribution in [-0.4, -0.2) is 17.9 Å². The van der Waals surface area contributed by atoms with Crippen LogP contribution in [0.25, 0.3) is 0 Å². The number of ether oxygens (including phenoxy) is 1. The summed E-state index contributed by atoms with van der Waals surface area (Å²) in [7, 11) is 1.43. The second-order valence-corrected chi connectivity index (χ2v) is 5.39. The number of aryl methyl sites for hydroxylation is 1. The highest BCUT2D eigenvalue weighted by molar-refractivity contribution is 6.31. The number of nitrogens with zero attached hydrogens (tertiary/aromatic N) is 1. The first-order chi connectivity index (χ1) is 10.8. The van der Waals surface area contributed by atoms with Crippen molar-refractivity contribution in [3.8, 4) is 5.75 Å². The molecule has 0 bridgehead atoms. The van der Waals surface area contributed by atoms with E-state index < -0.39 is 10.8 Å². The van der Waals surface area contributed by atoms with Gasteiger partial charge in [0.25, 0.3) is 11.6 Å². The number of halogens is 1. The second-order valence-electron chi connectivity index (χ2n) is 4.96. The highest BCUT2D eigenvalue weighted by Crippen LogP contribution is 2.31. The van der Waals surface area contributed by atoms with E-state index in [1.165, 1.54) is 19.2 Å². The lowest BCUT2D eigenvalue weighted by Crippen LogP contribution is -2.15. The average molecular weight is 335 g/mol. The van der Waals surface area contributed by atoms with Crippen molar-refractivity contribution in [3.63, 3.8) is 0 Å². The third kappa shape index (κ3) is 3.43. The molecule has 2 aromatic carbocycles. The van der Waals surface area contributed by atoms with Gasteiger partial charge in [-0.05, 0) is 43.2 Å². The Morgan fingerprint density at radius 1 is 1.26 bits per heavy atom. The van der Waals surface area contributed by atoms with Crippen LogP contribution in [0, 0.1) is 24.0 Å². The van der Waals surface area contributed by atoms with Gasteiger partial charge in [0, 0.05) is 11.1 Å². The van der Waals surface area contributed by atoms with Crippen LogP contribution in [-0.2, 0) is 0 Å². The van der Waals surface area contributed by atoms with Crippen LogP contribution in [0.3, 0.4) is 0 Å². The summed E-state index contributed by atoms with van der Waals surface area (Å²) in [6, 6.07) is 7.62. The summed E-state index contributed by atoms with van der Waals surface area (Å²) in [4.78, 5) is 23.2. The molecule has 7 heteroatoms. The van der Waals surface area contributed by atoms with E-state index in [4.69, 9.17) is 16.3 Å². The lowest BCUT2D eigenvalue weighted by atomic mass is 10.1. The summed E-state index contributed by atoms with van der Waals surface area (Å²) in [5.74, 6) is -0.194. The second kappa shape index (κ2) is 6.66. The van der Waals surface area contributed by atoms with Crippen LogP contribution in [0.4, 0.5) is 11.4 Å². The van der Waals surface area contributed by atoms with E-state index in [-0.39, 0.29) is 16.9 Å². The van der Waals surface area contributed by atoms with E-state index in [0.29, 0.717) is 16.3 Å². The first kappa shape index (κ1) is 16.8. The Bertz CT molecular complexity index is 790. The molecule has 0 unspecified atom stereocenters. The molecule has 0 aromatic heterocycles. The smallest absolute Gasteiger partial charge is 0.293 e. The summed E-state index contributed by atoms with van der Waals surface area (Å²) < 4.78 is 5.14. The number of nitrogens with one attached hydrogen (secondary N) is 1. The van der Waals surface area contributed by atoms with Gasteiger partial charge >= 0.3 is 0 Å². The van der Waals surface area contributed by atoms with Crippen molar-refractivity contribution in [1.29, 1.82) is 0 Å². The van der Waals surface area contributed by atoms with E-state index in [1.54, 1.807) is 25.1 Å². The van der Waals surface area contributed by atoms with E-state index >= 15 is 0 Å². The number of methoxy groups -OCH3 is 1. The predicted molar refractivity (Wildman–Crippen MR) is 88.5 cm³/mol. The normalized spacial score (nSPS) is 10.3. The highest BCUT2D eigenvalue weighted by atomic mass is 35.5. The number of nitro benzene ring substituents is 1. The van der Waals surface area contributed by atoms with E-state index in [9.17, 15) is 14.9 Å². The number of benzene rings is 2. The maximum atomic E-state index is 12.5. The summed E-state index contributed by atoms with van der Waals surface area (Å²) >= 11 is 5.92. The molecule has 0 atom stereocenters. The number of carbonyl (C=O) groups excluding carboxylic acids is 1. The third-order valence-electron chi connectivity index (χ3n) is 3.56. The fourth-order valence-electron chi connectivity index (χ4n) is 2.15. The molecule has 0 aliphatic heterocycles. The minimum atomic E-state index is -0.530. The van der Waals surface area contributed by atoms with Crippen molar-refractivity contribution in [2.24, 2.45) is 0 Å². The Balaban J connectivity index is 2.47. The molecule has 0 saturated carbocycles. The largest absolute Gasteiger partial charge is 0.496 e. The molecule has 120 valence electrons. The zero-order chi connectivity index (χ0) is 17.1. The van der Waals surface area contributed by atoms with E-state index in [1.807, 2.05) is 6.92 Å². The molecular formula is C16H15ClN2O4. The van der Waals surface area contributed by atoms with Crippen molar-refractivity contribution in [3.05, 3.63) is 62.2 Å². The minimum Gasteiger partial charge on any atom is -0.496 e. The van der Waals surface area contributed by atoms with Crippen molar-refractivity contribution < 1.29 is 14.5 Å². The average Bonchev–Trinajstić information content (AvgIpc) is 2.51. The van der Waals surface area contributed by atoms with Gasteiger partial charge in [0.2, 0.25) is 0 Å². The Hall–Kier alpha value is -2.60. The molecule has 2 aromatic rings. The Labute approximate surface area is 138 Å². The molecule has 1 N–H and O–H groups in total. The molecule has 0 aliphatic rings. The van der Waals surface area contributed by atoms with E-state index in [0.717, 1.165) is 5.56 Å². The van der Waals surface area contributed by atoms with Gasteiger partial charge in [-0.1, -0.05) is 17.7 Å². The number of nitro groups is 1. The molecular weight excluding hydrogens is 320 g/mol. The molecule has 0 spiro atoms. The molecule has 0 radical (unpaired) electrons. The van der Waals surface area contributed by atoms with E-state index in [2.05, 4.69) is 5.32 Å². The summed E-state index contributed by atoms with van der Waals surface area (Å²) in [6.45, 7) is 3.53. The first-order valence-corrected chi connectivity index (χ1v) is 7.12. The number of amides is 1. The van der Waals surface area contributed by atoms with Gasteiger partial charge in [0.15, 0.2) is 0 Å². The zero-order valence-corrected chi connectivity index (χ0v) is 13.6. The molecule has 0 fully saturated rings. The summed E-state index contributed by atoms with van der Waals surface area (Å²) in [5, 5.41) is 14.2. The van der Waals surface area contributed by atoms with Crippen molar-refractivity contribution in [2.75, 3.05) is 12.4 Å². The van der Waals surface area contributed by atoms with Crippen LogP contribution in [0.15, 0.2) is 30.3 Å². The highest BCUT2D eigenvalue weighted by Gasteiger charge is 2.21. The SMILES string of the molecule is COc1ccc(Cl)cc1C(=O)Nc1c([N+](=O)[O-])ccc(C)c1C. The van der Waals surface area contributed by atoms with Gasteiger partial charge in [-0.2, -0.15) is 0 Å². The number of anilines is 1. The van der Waals surface area contributed by atoms with Crippen molar-refractivity contribution in [2.45, 2.75) is 13.8 Å². The summed E-state index contributed by atoms with van der Waals surface area (Å²) in [5.41, 5.74) is 1.68. The standard InChI is InChI=1S/C16H15ClN2O4/c1-9-4-6-13(19(21)22)15(10(9)2)18-16(20)12-8-11(17)5-7-14(12)23-3/h4-8H,1-3H3,(H,18,20). The molecule has 0 heterocycles. The fourth-order valence-corrected chi connectivity index (χ4v) is 2.32. The Kier molecular flexibility index (Phi) is 4.86. The molecule has 0 saturated heterocycles. The van der Waals surface area contributed by atoms with Crippen LogP contribution in [0.1, 0.15) is 21.5 Å². The van der Waals surface area contributed by atoms with Gasteiger partial charge in [0.1, 0.15) is 11.4 Å². The lowest BCUT2D eigenvalue weighted by Gasteiger charge is -2.13. The fraction of sp³-hybridized carbons (Fsp3) is 0.188. The van der Waals surface area contributed by atoms with Gasteiger partial charge in [0.05, 0.1) is 17.6 Å². The summed E-state index contributed by atoms with van der Waals surface area (Å²) in [6.07, 6.45) is 0. The monoisotopic (exact) mass is 334 g/mol. The number of hydrogen-bond donors (Lipinski definition) is 1. The third-order valence-corrected chi connectivity index (χ3v) is 3.79. The van der Waals surface area contributed by atoms with Crippen LogP contribution in [0.5, 0.6) is 5.75 Å². The number of carbonyl (C=O) groups is 1. The van der Waals surface area contributed by atoms with Crippen LogP contribution >= 0.6 is 11.6 Å². The lowest BCUT2D eigenvalue weighted by molar-refractivity contribution is -0.384. The van der Waals surface area contributed by atoms with Gasteiger partial charge in [-0.3, -0.25) is 14.9 Å².